The summed E-state index contributed by atoms with van der Waals surface area (Å²) in [4.78, 5) is 24.1. The Kier molecular flexibility index (Phi) is 4.63. The van der Waals surface area contributed by atoms with Crippen molar-refractivity contribution in [2.24, 2.45) is 5.41 Å². The molecule has 0 spiro atoms. The summed E-state index contributed by atoms with van der Waals surface area (Å²) in [6.45, 7) is 3.36. The zero-order valence-corrected chi connectivity index (χ0v) is 13.3. The van der Waals surface area contributed by atoms with Gasteiger partial charge in [-0.3, -0.25) is 19.8 Å². The van der Waals surface area contributed by atoms with Crippen molar-refractivity contribution in [1.82, 2.24) is 4.90 Å². The fraction of sp³-hybridized carbons (Fsp3) is 0.500. The Hall–Kier alpha value is -1.47. The number of benzene rings is 1. The van der Waals surface area contributed by atoms with Gasteiger partial charge in [-0.25, -0.2) is 0 Å². The molecule has 0 bridgehead atoms. The molecular weight excluding hydrogens is 340 g/mol. The molecule has 1 unspecified atom stereocenters. The Balaban J connectivity index is 2.17. The molecule has 1 aromatic rings. The molecule has 1 heterocycles. The largest absolute Gasteiger partial charge is 0.481 e. The molecule has 114 valence electrons. The fourth-order valence-corrected chi connectivity index (χ4v) is 3.14. The molecule has 6 nitrogen and oxygen atoms in total. The van der Waals surface area contributed by atoms with Gasteiger partial charge in [-0.1, -0.05) is 22.9 Å². The number of nitro groups is 1. The predicted molar refractivity (Wildman–Crippen MR) is 81.1 cm³/mol. The first-order valence-electron chi connectivity index (χ1n) is 6.76. The van der Waals surface area contributed by atoms with Crippen molar-refractivity contribution in [3.8, 4) is 0 Å². The average molecular weight is 357 g/mol. The SMILES string of the molecule is CCC1(C(=O)O)CCN(Cc2ccc(Br)cc2[N+](=O)[O-])C1. The van der Waals surface area contributed by atoms with E-state index in [0.29, 0.717) is 42.5 Å². The highest BCUT2D eigenvalue weighted by Crippen LogP contribution is 2.36. The third kappa shape index (κ3) is 3.24. The second kappa shape index (κ2) is 6.11. The van der Waals surface area contributed by atoms with Crippen LogP contribution < -0.4 is 0 Å². The summed E-state index contributed by atoms with van der Waals surface area (Å²) in [5.41, 5.74) is -0.0429. The molecule has 7 heteroatoms. The van der Waals surface area contributed by atoms with E-state index in [2.05, 4.69) is 15.9 Å². The maximum atomic E-state index is 11.4. The van der Waals surface area contributed by atoms with Crippen molar-refractivity contribution in [3.05, 3.63) is 38.3 Å². The number of halogens is 1. The maximum Gasteiger partial charge on any atom is 0.310 e. The molecule has 0 aromatic heterocycles. The summed E-state index contributed by atoms with van der Waals surface area (Å²) in [5.74, 6) is -0.780. The Morgan fingerprint density at radius 2 is 2.29 bits per heavy atom. The fourth-order valence-electron chi connectivity index (χ4n) is 2.79. The topological polar surface area (TPSA) is 83.7 Å². The minimum Gasteiger partial charge on any atom is -0.481 e. The van der Waals surface area contributed by atoms with Gasteiger partial charge in [-0.2, -0.15) is 0 Å². The highest BCUT2D eigenvalue weighted by molar-refractivity contribution is 9.10. The molecule has 1 N–H and O–H groups in total. The van der Waals surface area contributed by atoms with Crippen molar-refractivity contribution in [2.45, 2.75) is 26.3 Å². The quantitative estimate of drug-likeness (QED) is 0.647. The van der Waals surface area contributed by atoms with E-state index >= 15 is 0 Å². The second-order valence-corrected chi connectivity index (χ2v) is 6.35. The van der Waals surface area contributed by atoms with Crippen LogP contribution in [0.3, 0.4) is 0 Å². The summed E-state index contributed by atoms with van der Waals surface area (Å²) in [5, 5.41) is 20.5. The van der Waals surface area contributed by atoms with Gasteiger partial charge in [0.2, 0.25) is 0 Å². The van der Waals surface area contributed by atoms with Crippen LogP contribution in [0, 0.1) is 15.5 Å². The van der Waals surface area contributed by atoms with Crippen LogP contribution in [0.5, 0.6) is 0 Å². The average Bonchev–Trinajstić information content (AvgIpc) is 2.85. The maximum absolute atomic E-state index is 11.4. The Bertz CT molecular complexity index is 578. The number of carboxylic acids is 1. The van der Waals surface area contributed by atoms with Gasteiger partial charge in [0.15, 0.2) is 0 Å². The van der Waals surface area contributed by atoms with E-state index in [9.17, 15) is 20.0 Å². The van der Waals surface area contributed by atoms with Crippen LogP contribution in [0.1, 0.15) is 25.3 Å². The van der Waals surface area contributed by atoms with Crippen LogP contribution in [-0.4, -0.2) is 34.0 Å². The van der Waals surface area contributed by atoms with Crippen molar-refractivity contribution in [2.75, 3.05) is 13.1 Å². The van der Waals surface area contributed by atoms with Crippen molar-refractivity contribution < 1.29 is 14.8 Å². The van der Waals surface area contributed by atoms with E-state index in [1.165, 1.54) is 6.07 Å². The molecule has 1 aromatic carbocycles. The van der Waals surface area contributed by atoms with E-state index in [1.807, 2.05) is 11.8 Å². The van der Waals surface area contributed by atoms with Crippen LogP contribution >= 0.6 is 15.9 Å². The lowest BCUT2D eigenvalue weighted by Crippen LogP contribution is -2.33. The number of rotatable bonds is 5. The lowest BCUT2D eigenvalue weighted by atomic mass is 9.84. The van der Waals surface area contributed by atoms with E-state index < -0.39 is 16.3 Å². The van der Waals surface area contributed by atoms with Gasteiger partial charge < -0.3 is 5.11 Å². The molecule has 0 saturated carbocycles. The molecule has 0 radical (unpaired) electrons. The number of aliphatic carboxylic acids is 1. The number of carboxylic acid groups (broad SMARTS) is 1. The molecule has 0 amide bonds. The standard InChI is InChI=1S/C14H17BrN2O4/c1-2-14(13(18)19)5-6-16(9-14)8-10-3-4-11(15)7-12(10)17(20)21/h3-4,7H,2,5-6,8-9H2,1H3,(H,18,19). The van der Waals surface area contributed by atoms with Crippen molar-refractivity contribution in [3.63, 3.8) is 0 Å². The third-order valence-corrected chi connectivity index (χ3v) is 4.69. The molecule has 1 saturated heterocycles. The molecule has 1 atom stereocenters. The lowest BCUT2D eigenvalue weighted by molar-refractivity contribution is -0.385. The molecule has 21 heavy (non-hydrogen) atoms. The van der Waals surface area contributed by atoms with Gasteiger partial charge in [-0.05, 0) is 31.5 Å². The molecular formula is C14H17BrN2O4. The Morgan fingerprint density at radius 1 is 1.57 bits per heavy atom. The van der Waals surface area contributed by atoms with E-state index in [1.54, 1.807) is 12.1 Å². The zero-order valence-electron chi connectivity index (χ0n) is 11.7. The molecule has 1 aliphatic rings. The number of hydrogen-bond donors (Lipinski definition) is 1. The summed E-state index contributed by atoms with van der Waals surface area (Å²) < 4.78 is 0.660. The van der Waals surface area contributed by atoms with Crippen LogP contribution in [0.25, 0.3) is 0 Å². The van der Waals surface area contributed by atoms with Crippen LogP contribution in [0.2, 0.25) is 0 Å². The molecule has 0 aliphatic carbocycles. The smallest absolute Gasteiger partial charge is 0.310 e. The van der Waals surface area contributed by atoms with Gasteiger partial charge in [0.05, 0.1) is 10.3 Å². The van der Waals surface area contributed by atoms with Gasteiger partial charge in [-0.15, -0.1) is 0 Å². The van der Waals surface area contributed by atoms with Gasteiger partial charge in [0.25, 0.3) is 5.69 Å². The Morgan fingerprint density at radius 3 is 2.81 bits per heavy atom. The first-order chi connectivity index (χ1) is 9.88. The van der Waals surface area contributed by atoms with Crippen LogP contribution in [0.4, 0.5) is 5.69 Å². The zero-order chi connectivity index (χ0) is 15.6. The molecule has 1 fully saturated rings. The number of carbonyl (C=O) groups is 1. The first-order valence-corrected chi connectivity index (χ1v) is 7.56. The first kappa shape index (κ1) is 15.9. The van der Waals surface area contributed by atoms with E-state index in [-0.39, 0.29) is 5.69 Å². The van der Waals surface area contributed by atoms with Crippen molar-refractivity contribution in [1.29, 1.82) is 0 Å². The normalized spacial score (nSPS) is 22.4. The van der Waals surface area contributed by atoms with Gasteiger partial charge in [0.1, 0.15) is 0 Å². The van der Waals surface area contributed by atoms with Gasteiger partial charge >= 0.3 is 5.97 Å². The van der Waals surface area contributed by atoms with E-state index in [4.69, 9.17) is 0 Å². The second-order valence-electron chi connectivity index (χ2n) is 5.43. The molecule has 2 rings (SSSR count). The lowest BCUT2D eigenvalue weighted by Gasteiger charge is -2.23. The Labute approximate surface area is 131 Å². The predicted octanol–water partition coefficient (Wildman–Crippen LogP) is 3.04. The summed E-state index contributed by atoms with van der Waals surface area (Å²) in [6.07, 6.45) is 1.16. The van der Waals surface area contributed by atoms with Gasteiger partial charge in [0, 0.05) is 29.2 Å². The monoisotopic (exact) mass is 356 g/mol. The highest BCUT2D eigenvalue weighted by atomic mass is 79.9. The number of nitrogens with zero attached hydrogens (tertiary/aromatic N) is 2. The minimum atomic E-state index is -0.780. The molecule has 1 aliphatic heterocycles. The number of likely N-dealkylation sites (tertiary alicyclic amines) is 1. The van der Waals surface area contributed by atoms with Crippen molar-refractivity contribution >= 4 is 27.6 Å². The summed E-state index contributed by atoms with van der Waals surface area (Å²) in [7, 11) is 0. The third-order valence-electron chi connectivity index (χ3n) is 4.20. The van der Waals surface area contributed by atoms with E-state index in [0.717, 1.165) is 0 Å². The summed E-state index contributed by atoms with van der Waals surface area (Å²) in [6, 6.07) is 4.97. The minimum absolute atomic E-state index is 0.0636. The number of nitro benzene ring substituents is 1. The highest BCUT2D eigenvalue weighted by Gasteiger charge is 2.43. The van der Waals surface area contributed by atoms with Crippen LogP contribution in [0.15, 0.2) is 22.7 Å². The summed E-state index contributed by atoms with van der Waals surface area (Å²) >= 11 is 3.23. The van der Waals surface area contributed by atoms with Crippen LogP contribution in [-0.2, 0) is 11.3 Å². The number of hydrogen-bond acceptors (Lipinski definition) is 4.